The minimum Gasteiger partial charge on any atom is -0.392 e. The Hall–Kier alpha value is -1.21. The Morgan fingerprint density at radius 2 is 1.89 bits per heavy atom. The Bertz CT molecular complexity index is 327. The summed E-state index contributed by atoms with van der Waals surface area (Å²) < 4.78 is 0. The molecule has 0 saturated carbocycles. The van der Waals surface area contributed by atoms with Crippen LogP contribution in [-0.2, 0) is 9.59 Å². The molecule has 1 fully saturated rings. The first-order chi connectivity index (χ1) is 8.54. The van der Waals surface area contributed by atoms with Gasteiger partial charge in [0, 0.05) is 26.2 Å². The van der Waals surface area contributed by atoms with Gasteiger partial charge in [0.05, 0.1) is 11.5 Å². The highest BCUT2D eigenvalue weighted by atomic mass is 32.1. The molecule has 6 nitrogen and oxygen atoms in total. The van der Waals surface area contributed by atoms with E-state index in [0.717, 1.165) is 26.1 Å². The third kappa shape index (κ3) is 4.58. The molecule has 1 heterocycles. The number of rotatable bonds is 4. The van der Waals surface area contributed by atoms with Crippen molar-refractivity contribution in [3.05, 3.63) is 0 Å². The zero-order valence-electron chi connectivity index (χ0n) is 10.6. The number of amides is 2. The number of carbonyl (C=O) groups is 2. The molecule has 1 aliphatic rings. The van der Waals surface area contributed by atoms with Crippen LogP contribution in [0.4, 0.5) is 0 Å². The molecule has 0 radical (unpaired) electrons. The van der Waals surface area contributed by atoms with Gasteiger partial charge in [0.2, 0.25) is 0 Å². The average Bonchev–Trinajstić information content (AvgIpc) is 2.36. The molecule has 18 heavy (non-hydrogen) atoms. The lowest BCUT2D eigenvalue weighted by molar-refractivity contribution is -0.146. The van der Waals surface area contributed by atoms with E-state index in [-0.39, 0.29) is 11.5 Å². The summed E-state index contributed by atoms with van der Waals surface area (Å²) in [5, 5.41) is 2.41. The van der Waals surface area contributed by atoms with E-state index < -0.39 is 11.8 Å². The molecule has 2 amide bonds. The van der Waals surface area contributed by atoms with E-state index in [2.05, 4.69) is 29.4 Å². The normalized spacial score (nSPS) is 16.4. The van der Waals surface area contributed by atoms with Gasteiger partial charge in [0.1, 0.15) is 0 Å². The molecule has 1 rings (SSSR count). The highest BCUT2D eigenvalue weighted by Gasteiger charge is 2.25. The van der Waals surface area contributed by atoms with Crippen molar-refractivity contribution >= 4 is 29.0 Å². The van der Waals surface area contributed by atoms with Gasteiger partial charge in [0.15, 0.2) is 0 Å². The lowest BCUT2D eigenvalue weighted by atomic mass is 10.3. The molecule has 0 bridgehead atoms. The predicted molar refractivity (Wildman–Crippen MR) is 73.1 cm³/mol. The Morgan fingerprint density at radius 3 is 2.39 bits per heavy atom. The standard InChI is InChI=1S/C11H20N4O2S/c1-2-3-14-4-6-15(7-5-14)11(17)10(16)13-8-9(12)18/h2-8H2,1H3,(H2,12,18)(H,13,16). The number of thiocarbonyl (C=S) groups is 1. The molecule has 0 aliphatic carbocycles. The maximum absolute atomic E-state index is 11.8. The van der Waals surface area contributed by atoms with Crippen LogP contribution in [0.25, 0.3) is 0 Å². The van der Waals surface area contributed by atoms with Gasteiger partial charge in [-0.3, -0.25) is 14.5 Å². The molecule has 7 heteroatoms. The summed E-state index contributed by atoms with van der Waals surface area (Å²) in [6.45, 7) is 6.06. The Balaban J connectivity index is 2.35. The van der Waals surface area contributed by atoms with Crippen molar-refractivity contribution in [2.75, 3.05) is 39.3 Å². The summed E-state index contributed by atoms with van der Waals surface area (Å²) in [6.07, 6.45) is 1.10. The Kier molecular flexibility index (Phi) is 6.00. The van der Waals surface area contributed by atoms with Crippen molar-refractivity contribution in [3.63, 3.8) is 0 Å². The van der Waals surface area contributed by atoms with Crippen molar-refractivity contribution in [3.8, 4) is 0 Å². The van der Waals surface area contributed by atoms with Crippen LogP contribution < -0.4 is 11.1 Å². The van der Waals surface area contributed by atoms with Gasteiger partial charge >= 0.3 is 11.8 Å². The summed E-state index contributed by atoms with van der Waals surface area (Å²) >= 11 is 4.63. The lowest BCUT2D eigenvalue weighted by Crippen LogP contribution is -2.53. The lowest BCUT2D eigenvalue weighted by Gasteiger charge is -2.34. The fourth-order valence-electron chi connectivity index (χ4n) is 1.88. The maximum atomic E-state index is 11.8. The molecule has 0 aromatic carbocycles. The minimum atomic E-state index is -0.633. The van der Waals surface area contributed by atoms with Crippen LogP contribution in [0, 0.1) is 0 Å². The number of nitrogens with one attached hydrogen (secondary N) is 1. The second-order valence-electron chi connectivity index (χ2n) is 4.28. The largest absolute Gasteiger partial charge is 0.392 e. The monoisotopic (exact) mass is 272 g/mol. The fourth-order valence-corrected chi connectivity index (χ4v) is 1.95. The third-order valence-corrected chi connectivity index (χ3v) is 2.96. The van der Waals surface area contributed by atoms with E-state index in [9.17, 15) is 9.59 Å². The molecule has 0 spiro atoms. The van der Waals surface area contributed by atoms with Gasteiger partial charge in [0.25, 0.3) is 0 Å². The molecule has 102 valence electrons. The van der Waals surface area contributed by atoms with Gasteiger partial charge in [-0.2, -0.15) is 0 Å². The fraction of sp³-hybridized carbons (Fsp3) is 0.727. The zero-order chi connectivity index (χ0) is 13.5. The Labute approximate surface area is 112 Å². The van der Waals surface area contributed by atoms with Crippen molar-refractivity contribution in [2.45, 2.75) is 13.3 Å². The van der Waals surface area contributed by atoms with Gasteiger partial charge in [-0.1, -0.05) is 19.1 Å². The van der Waals surface area contributed by atoms with Crippen LogP contribution in [0.15, 0.2) is 0 Å². The second-order valence-corrected chi connectivity index (χ2v) is 4.81. The van der Waals surface area contributed by atoms with E-state index in [1.165, 1.54) is 0 Å². The molecule has 1 aliphatic heterocycles. The van der Waals surface area contributed by atoms with E-state index in [4.69, 9.17) is 5.73 Å². The Morgan fingerprint density at radius 1 is 1.28 bits per heavy atom. The number of hydrogen-bond acceptors (Lipinski definition) is 4. The summed E-state index contributed by atoms with van der Waals surface area (Å²) in [6, 6.07) is 0. The van der Waals surface area contributed by atoms with E-state index in [0.29, 0.717) is 13.1 Å². The molecule has 1 saturated heterocycles. The first kappa shape index (κ1) is 14.8. The van der Waals surface area contributed by atoms with Crippen LogP contribution in [-0.4, -0.2) is 65.9 Å². The van der Waals surface area contributed by atoms with Crippen LogP contribution in [0.2, 0.25) is 0 Å². The highest BCUT2D eigenvalue weighted by Crippen LogP contribution is 2.02. The van der Waals surface area contributed by atoms with Gasteiger partial charge in [-0.15, -0.1) is 0 Å². The number of hydrogen-bond donors (Lipinski definition) is 2. The summed E-state index contributed by atoms with van der Waals surface area (Å²) in [7, 11) is 0. The van der Waals surface area contributed by atoms with Crippen LogP contribution >= 0.6 is 12.2 Å². The van der Waals surface area contributed by atoms with Gasteiger partial charge in [-0.05, 0) is 13.0 Å². The molecule has 0 atom stereocenters. The molecule has 0 unspecified atom stereocenters. The molecule has 0 aromatic heterocycles. The quantitative estimate of drug-likeness (QED) is 0.504. The van der Waals surface area contributed by atoms with E-state index in [1.807, 2.05) is 0 Å². The van der Waals surface area contributed by atoms with Gasteiger partial charge in [-0.25, -0.2) is 0 Å². The van der Waals surface area contributed by atoms with Crippen LogP contribution in [0.5, 0.6) is 0 Å². The van der Waals surface area contributed by atoms with Gasteiger partial charge < -0.3 is 16.0 Å². The maximum Gasteiger partial charge on any atom is 0.311 e. The smallest absolute Gasteiger partial charge is 0.311 e. The third-order valence-electron chi connectivity index (χ3n) is 2.82. The summed E-state index contributed by atoms with van der Waals surface area (Å²) in [4.78, 5) is 27.3. The second kappa shape index (κ2) is 7.27. The first-order valence-corrected chi connectivity index (χ1v) is 6.53. The van der Waals surface area contributed by atoms with Crippen molar-refractivity contribution < 1.29 is 9.59 Å². The van der Waals surface area contributed by atoms with Crippen molar-refractivity contribution in [1.82, 2.24) is 15.1 Å². The predicted octanol–water partition coefficient (Wildman–Crippen LogP) is -1.06. The number of nitrogens with zero attached hydrogens (tertiary/aromatic N) is 2. The summed E-state index contributed by atoms with van der Waals surface area (Å²) in [5.74, 6) is -1.13. The minimum absolute atomic E-state index is 0.0652. The topological polar surface area (TPSA) is 78.7 Å². The van der Waals surface area contributed by atoms with Crippen LogP contribution in [0.1, 0.15) is 13.3 Å². The van der Waals surface area contributed by atoms with E-state index in [1.54, 1.807) is 4.90 Å². The number of nitrogens with two attached hydrogens (primary N) is 1. The molecular weight excluding hydrogens is 252 g/mol. The highest BCUT2D eigenvalue weighted by molar-refractivity contribution is 7.80. The molecule has 3 N–H and O–H groups in total. The number of piperazine rings is 1. The van der Waals surface area contributed by atoms with Crippen LogP contribution in [0.3, 0.4) is 0 Å². The average molecular weight is 272 g/mol. The van der Waals surface area contributed by atoms with Crippen molar-refractivity contribution in [1.29, 1.82) is 0 Å². The molecule has 0 aromatic rings. The number of carbonyl (C=O) groups excluding carboxylic acids is 2. The summed E-state index contributed by atoms with van der Waals surface area (Å²) in [5.41, 5.74) is 5.26. The molecular formula is C11H20N4O2S. The van der Waals surface area contributed by atoms with Crippen molar-refractivity contribution in [2.24, 2.45) is 5.73 Å². The van der Waals surface area contributed by atoms with E-state index >= 15 is 0 Å². The zero-order valence-corrected chi connectivity index (χ0v) is 11.5. The SMILES string of the molecule is CCCN1CCN(C(=O)C(=O)NCC(N)=S)CC1. The first-order valence-electron chi connectivity index (χ1n) is 6.12.